The van der Waals surface area contributed by atoms with Gasteiger partial charge in [0, 0.05) is 87.3 Å². The minimum absolute atomic E-state index is 0. The highest BCUT2D eigenvalue weighted by Crippen LogP contribution is 2.23. The first-order valence-electron chi connectivity index (χ1n) is 16.3. The van der Waals surface area contributed by atoms with Crippen LogP contribution in [0.25, 0.3) is 0 Å². The molecule has 0 bridgehead atoms. The van der Waals surface area contributed by atoms with Gasteiger partial charge in [0.25, 0.3) is 0 Å². The third-order valence-electron chi connectivity index (χ3n) is 8.70. The van der Waals surface area contributed by atoms with Crippen LogP contribution < -0.4 is 9.80 Å². The van der Waals surface area contributed by atoms with Gasteiger partial charge < -0.3 is 19.6 Å². The van der Waals surface area contributed by atoms with E-state index in [0.717, 1.165) is 62.4 Å². The van der Waals surface area contributed by atoms with E-state index in [0.29, 0.717) is 12.8 Å². The van der Waals surface area contributed by atoms with Gasteiger partial charge in [0.1, 0.15) is 0 Å². The van der Waals surface area contributed by atoms with Crippen molar-refractivity contribution < 1.29 is 9.59 Å². The second-order valence-corrected chi connectivity index (χ2v) is 14.1. The summed E-state index contributed by atoms with van der Waals surface area (Å²) in [5.74, 6) is 0.524. The van der Waals surface area contributed by atoms with E-state index in [1.807, 2.05) is 33.0 Å². The summed E-state index contributed by atoms with van der Waals surface area (Å²) < 4.78 is 0. The van der Waals surface area contributed by atoms with Crippen LogP contribution in [0.15, 0.2) is 71.7 Å². The third kappa shape index (κ3) is 10.9. The van der Waals surface area contributed by atoms with E-state index in [1.165, 1.54) is 22.3 Å². The van der Waals surface area contributed by atoms with Crippen LogP contribution in [-0.2, 0) is 22.4 Å². The van der Waals surface area contributed by atoms with Crippen LogP contribution in [-0.4, -0.2) is 82.9 Å². The average molecular weight is 732 g/mol. The zero-order chi connectivity index (χ0) is 32.5. The number of hydrogen-bond donors (Lipinski definition) is 0. The summed E-state index contributed by atoms with van der Waals surface area (Å²) in [6.07, 6.45) is 6.49. The molecule has 0 aliphatic carbocycles. The monoisotopic (exact) mass is 730 g/mol. The van der Waals surface area contributed by atoms with Gasteiger partial charge in [-0.2, -0.15) is 0 Å². The summed E-state index contributed by atoms with van der Waals surface area (Å²) in [6.45, 7) is 13.5. The van der Waals surface area contributed by atoms with Crippen LogP contribution in [0.2, 0.25) is 0 Å². The fraction of sp³-hybridized carbons (Fsp3) is 0.444. The summed E-state index contributed by atoms with van der Waals surface area (Å²) in [5, 5.41) is 6.12. The first-order chi connectivity index (χ1) is 22.3. The van der Waals surface area contributed by atoms with Gasteiger partial charge in [-0.05, 0) is 51.7 Å². The van der Waals surface area contributed by atoms with Gasteiger partial charge in [-0.1, -0.05) is 59.7 Å². The lowest BCUT2D eigenvalue weighted by atomic mass is 10.1. The molecule has 2 unspecified atom stereocenters. The number of carbonyl (C=O) groups excluding carboxylic acids is 2. The number of halogens is 2. The lowest BCUT2D eigenvalue weighted by molar-refractivity contribution is -0.134. The predicted molar refractivity (Wildman–Crippen MR) is 204 cm³/mol. The maximum absolute atomic E-state index is 12.6. The fourth-order valence-electron chi connectivity index (χ4n) is 6.27. The molecule has 6 rings (SSSR count). The molecule has 2 amide bonds. The highest BCUT2D eigenvalue weighted by Gasteiger charge is 2.29. The first-order valence-corrected chi connectivity index (χ1v) is 18.0. The molecule has 0 spiro atoms. The standard InChI is InChI=1S/2C18H23N3OS.2ClH/c2*1-14-4-3-5-16(12-14)6-7-17(22)21-10-9-20(13-15(21)2)18-19-8-11-23-18;;/h2*3-5,8,11-12,15H,6-7,9-10,13H2,1-2H3;2*1H. The van der Waals surface area contributed by atoms with Crippen LogP contribution in [0, 0.1) is 13.8 Å². The molecule has 0 saturated carbocycles. The van der Waals surface area contributed by atoms with Gasteiger partial charge in [0.05, 0.1) is 0 Å². The van der Waals surface area contributed by atoms with Gasteiger partial charge in [0.15, 0.2) is 10.3 Å². The van der Waals surface area contributed by atoms with E-state index in [4.69, 9.17) is 0 Å². The van der Waals surface area contributed by atoms with E-state index < -0.39 is 0 Å². The van der Waals surface area contributed by atoms with Gasteiger partial charge >= 0.3 is 0 Å². The van der Waals surface area contributed by atoms with Crippen LogP contribution in [0.1, 0.15) is 48.9 Å². The molecule has 2 aromatic heterocycles. The van der Waals surface area contributed by atoms with Crippen molar-refractivity contribution in [2.45, 2.75) is 65.5 Å². The summed E-state index contributed by atoms with van der Waals surface area (Å²) >= 11 is 3.32. The molecule has 8 nitrogen and oxygen atoms in total. The van der Waals surface area contributed by atoms with Crippen molar-refractivity contribution in [1.82, 2.24) is 19.8 Å². The van der Waals surface area contributed by atoms with E-state index >= 15 is 0 Å². The quantitative estimate of drug-likeness (QED) is 0.193. The van der Waals surface area contributed by atoms with Crippen molar-refractivity contribution in [2.24, 2.45) is 0 Å². The lowest BCUT2D eigenvalue weighted by Crippen LogP contribution is -2.54. The maximum Gasteiger partial charge on any atom is 0.223 e. The van der Waals surface area contributed by atoms with E-state index in [-0.39, 0.29) is 48.7 Å². The minimum atomic E-state index is 0. The Kier molecular flexibility index (Phi) is 15.6. The third-order valence-corrected chi connectivity index (χ3v) is 10.4. The molecule has 260 valence electrons. The van der Waals surface area contributed by atoms with Crippen molar-refractivity contribution in [1.29, 1.82) is 0 Å². The second kappa shape index (κ2) is 19.1. The zero-order valence-electron chi connectivity index (χ0n) is 28.3. The Morgan fingerprint density at radius 2 is 1.10 bits per heavy atom. The van der Waals surface area contributed by atoms with Crippen LogP contribution in [0.3, 0.4) is 0 Å². The van der Waals surface area contributed by atoms with Gasteiger partial charge in [-0.3, -0.25) is 9.59 Å². The summed E-state index contributed by atoms with van der Waals surface area (Å²) in [7, 11) is 0. The van der Waals surface area contributed by atoms with Crippen LogP contribution in [0.5, 0.6) is 0 Å². The fourth-order valence-corrected chi connectivity index (χ4v) is 7.63. The van der Waals surface area contributed by atoms with Gasteiger partial charge in [0.2, 0.25) is 11.8 Å². The predicted octanol–water partition coefficient (Wildman–Crippen LogP) is 7.09. The molecule has 0 radical (unpaired) electrons. The van der Waals surface area contributed by atoms with Crippen LogP contribution in [0.4, 0.5) is 10.3 Å². The lowest BCUT2D eigenvalue weighted by Gasteiger charge is -2.39. The number of rotatable bonds is 8. The first kappa shape index (κ1) is 39.3. The van der Waals surface area contributed by atoms with Gasteiger partial charge in [-0.15, -0.1) is 47.5 Å². The van der Waals surface area contributed by atoms with Crippen molar-refractivity contribution in [3.8, 4) is 0 Å². The number of piperazine rings is 2. The number of hydrogen-bond acceptors (Lipinski definition) is 8. The Hall–Kier alpha value is -3.18. The molecular formula is C36H48Cl2N6O2S2. The van der Waals surface area contributed by atoms with Crippen molar-refractivity contribution in [3.63, 3.8) is 0 Å². The largest absolute Gasteiger partial charge is 0.344 e. The molecule has 48 heavy (non-hydrogen) atoms. The smallest absolute Gasteiger partial charge is 0.223 e. The SMILES string of the molecule is Cc1cccc(CCC(=O)N2CCN(c3nccs3)CC2C)c1.Cc1cccc(CCC(=O)N2CCN(c3nccs3)CC2C)c1.Cl.Cl. The normalized spacial score (nSPS) is 17.5. The van der Waals surface area contributed by atoms with Gasteiger partial charge in [-0.25, -0.2) is 9.97 Å². The Labute approximate surface area is 306 Å². The van der Waals surface area contributed by atoms with Crippen molar-refractivity contribution in [2.75, 3.05) is 49.1 Å². The Balaban J connectivity index is 0.000000250. The molecule has 2 aliphatic heterocycles. The summed E-state index contributed by atoms with van der Waals surface area (Å²) in [6, 6.07) is 17.3. The Morgan fingerprint density at radius 1 is 0.688 bits per heavy atom. The molecule has 12 heteroatoms. The minimum Gasteiger partial charge on any atom is -0.344 e. The summed E-state index contributed by atoms with van der Waals surface area (Å²) in [4.78, 5) is 42.5. The topological polar surface area (TPSA) is 72.9 Å². The molecule has 2 atom stereocenters. The molecule has 2 fully saturated rings. The molecule has 4 aromatic rings. The number of amides is 2. The number of carbonyl (C=O) groups is 2. The number of nitrogens with zero attached hydrogens (tertiary/aromatic N) is 6. The Morgan fingerprint density at radius 3 is 1.44 bits per heavy atom. The number of thiazole rings is 2. The molecule has 2 aliphatic rings. The second-order valence-electron chi connectivity index (χ2n) is 12.4. The van der Waals surface area contributed by atoms with Crippen molar-refractivity contribution in [3.05, 3.63) is 93.9 Å². The highest BCUT2D eigenvalue weighted by molar-refractivity contribution is 7.13. The summed E-state index contributed by atoms with van der Waals surface area (Å²) in [5.41, 5.74) is 4.99. The number of aryl methyl sites for hydroxylation is 4. The average Bonchev–Trinajstić information content (AvgIpc) is 3.79. The van der Waals surface area contributed by atoms with E-state index in [1.54, 1.807) is 22.7 Å². The molecule has 4 heterocycles. The molecular weight excluding hydrogens is 683 g/mol. The number of aromatic nitrogens is 2. The van der Waals surface area contributed by atoms with Crippen molar-refractivity contribution >= 4 is 69.6 Å². The molecule has 0 N–H and O–H groups in total. The maximum atomic E-state index is 12.6. The number of anilines is 2. The van der Waals surface area contributed by atoms with Crippen LogP contribution >= 0.6 is 47.5 Å². The zero-order valence-corrected chi connectivity index (χ0v) is 31.6. The molecule has 2 aromatic carbocycles. The van der Waals surface area contributed by atoms with E-state index in [2.05, 4.69) is 96.0 Å². The van der Waals surface area contributed by atoms with E-state index in [9.17, 15) is 9.59 Å². The Bertz CT molecular complexity index is 1440. The highest BCUT2D eigenvalue weighted by atomic mass is 35.5. The number of benzene rings is 2. The molecule has 2 saturated heterocycles.